The highest BCUT2D eigenvalue weighted by Crippen LogP contribution is 2.18. The van der Waals surface area contributed by atoms with Crippen LogP contribution in [0.5, 0.6) is 0 Å². The fourth-order valence-electron chi connectivity index (χ4n) is 1.75. The summed E-state index contributed by atoms with van der Waals surface area (Å²) in [5.74, 6) is -2.16. The number of halogens is 2. The molecule has 0 saturated carbocycles. The maximum absolute atomic E-state index is 13.6. The zero-order valence-electron chi connectivity index (χ0n) is 10.7. The summed E-state index contributed by atoms with van der Waals surface area (Å²) >= 11 is 0. The summed E-state index contributed by atoms with van der Waals surface area (Å²) in [5.41, 5.74) is 4.98. The molecule has 0 atom stereocenters. The van der Waals surface area contributed by atoms with Crippen molar-refractivity contribution in [2.45, 2.75) is 26.7 Å². The monoisotopic (exact) mass is 256 g/mol. The van der Waals surface area contributed by atoms with Crippen LogP contribution in [0.3, 0.4) is 0 Å². The standard InChI is InChI=1S/C13H18F2N2O/c1-3-5-17(6-4-2)13(18)9-7-12(16)11(15)8-10(9)14/h7-8H,3-6,16H2,1-2H3. The van der Waals surface area contributed by atoms with Crippen LogP contribution in [0.25, 0.3) is 0 Å². The summed E-state index contributed by atoms with van der Waals surface area (Å²) in [7, 11) is 0. The van der Waals surface area contributed by atoms with Crippen LogP contribution < -0.4 is 5.73 Å². The van der Waals surface area contributed by atoms with E-state index < -0.39 is 17.5 Å². The summed E-state index contributed by atoms with van der Waals surface area (Å²) in [6.07, 6.45) is 1.56. The number of nitrogens with two attached hydrogens (primary N) is 1. The summed E-state index contributed by atoms with van der Waals surface area (Å²) in [5, 5.41) is 0. The van der Waals surface area contributed by atoms with E-state index in [0.29, 0.717) is 19.2 Å². The maximum atomic E-state index is 13.6. The second-order valence-corrected chi connectivity index (χ2v) is 4.15. The minimum Gasteiger partial charge on any atom is -0.396 e. The van der Waals surface area contributed by atoms with Crippen LogP contribution in [-0.2, 0) is 0 Å². The number of carbonyl (C=O) groups excluding carboxylic acids is 1. The molecule has 5 heteroatoms. The van der Waals surface area contributed by atoms with E-state index in [1.54, 1.807) is 4.90 Å². The molecule has 1 aromatic carbocycles. The van der Waals surface area contributed by atoms with Crippen LogP contribution in [0.1, 0.15) is 37.0 Å². The maximum Gasteiger partial charge on any atom is 0.256 e. The van der Waals surface area contributed by atoms with Crippen molar-refractivity contribution in [2.75, 3.05) is 18.8 Å². The predicted octanol–water partition coefficient (Wildman–Crippen LogP) is 2.81. The zero-order chi connectivity index (χ0) is 13.7. The highest BCUT2D eigenvalue weighted by atomic mass is 19.1. The van der Waals surface area contributed by atoms with E-state index >= 15 is 0 Å². The zero-order valence-corrected chi connectivity index (χ0v) is 10.7. The molecule has 0 aliphatic heterocycles. The molecule has 1 amide bonds. The number of benzene rings is 1. The average Bonchev–Trinajstić information content (AvgIpc) is 2.33. The van der Waals surface area contributed by atoms with Gasteiger partial charge in [-0.2, -0.15) is 0 Å². The van der Waals surface area contributed by atoms with Crippen LogP contribution >= 0.6 is 0 Å². The van der Waals surface area contributed by atoms with Gasteiger partial charge in [-0.05, 0) is 18.9 Å². The molecular weight excluding hydrogens is 238 g/mol. The Morgan fingerprint density at radius 2 is 1.72 bits per heavy atom. The molecule has 2 N–H and O–H groups in total. The molecule has 0 saturated heterocycles. The largest absolute Gasteiger partial charge is 0.396 e. The molecule has 0 unspecified atom stereocenters. The Labute approximate surface area is 106 Å². The Morgan fingerprint density at radius 1 is 1.17 bits per heavy atom. The smallest absolute Gasteiger partial charge is 0.256 e. The molecule has 0 fully saturated rings. The van der Waals surface area contributed by atoms with E-state index in [0.717, 1.165) is 18.9 Å². The molecule has 0 aliphatic carbocycles. The lowest BCUT2D eigenvalue weighted by atomic mass is 10.1. The Hall–Kier alpha value is -1.65. The normalized spacial score (nSPS) is 10.4. The van der Waals surface area contributed by atoms with Crippen molar-refractivity contribution in [3.05, 3.63) is 29.3 Å². The quantitative estimate of drug-likeness (QED) is 0.823. The third-order valence-corrected chi connectivity index (χ3v) is 2.59. The first-order chi connectivity index (χ1) is 8.51. The number of nitrogen functional groups attached to an aromatic ring is 1. The van der Waals surface area contributed by atoms with Gasteiger partial charge >= 0.3 is 0 Å². The molecule has 18 heavy (non-hydrogen) atoms. The molecule has 0 aliphatic rings. The van der Waals surface area contributed by atoms with Crippen LogP contribution in [0.4, 0.5) is 14.5 Å². The summed E-state index contributed by atoms with van der Waals surface area (Å²) in [6, 6.07) is 1.71. The van der Waals surface area contributed by atoms with Gasteiger partial charge in [0, 0.05) is 19.2 Å². The molecule has 0 radical (unpaired) electrons. The second kappa shape index (κ2) is 6.33. The van der Waals surface area contributed by atoms with E-state index in [2.05, 4.69) is 0 Å². The second-order valence-electron chi connectivity index (χ2n) is 4.15. The van der Waals surface area contributed by atoms with Crippen molar-refractivity contribution in [3.63, 3.8) is 0 Å². The minimum absolute atomic E-state index is 0.171. The van der Waals surface area contributed by atoms with Gasteiger partial charge in [-0.25, -0.2) is 8.78 Å². The van der Waals surface area contributed by atoms with E-state index in [1.807, 2.05) is 13.8 Å². The molecular formula is C13H18F2N2O. The predicted molar refractivity (Wildman–Crippen MR) is 67.3 cm³/mol. The lowest BCUT2D eigenvalue weighted by molar-refractivity contribution is 0.0751. The van der Waals surface area contributed by atoms with E-state index in [9.17, 15) is 13.6 Å². The van der Waals surface area contributed by atoms with Gasteiger partial charge in [-0.3, -0.25) is 4.79 Å². The first-order valence-corrected chi connectivity index (χ1v) is 6.05. The van der Waals surface area contributed by atoms with Gasteiger partial charge < -0.3 is 10.6 Å². The first kappa shape index (κ1) is 14.4. The molecule has 0 heterocycles. The average molecular weight is 256 g/mol. The third-order valence-electron chi connectivity index (χ3n) is 2.59. The Balaban J connectivity index is 3.04. The van der Waals surface area contributed by atoms with Crippen LogP contribution in [-0.4, -0.2) is 23.9 Å². The Bertz CT molecular complexity index is 429. The number of carbonyl (C=O) groups is 1. The fraction of sp³-hybridized carbons (Fsp3) is 0.462. The number of amides is 1. The van der Waals surface area contributed by atoms with E-state index in [1.165, 1.54) is 0 Å². The molecule has 0 spiro atoms. The van der Waals surface area contributed by atoms with Crippen LogP contribution in [0.15, 0.2) is 12.1 Å². The SMILES string of the molecule is CCCN(CCC)C(=O)c1cc(N)c(F)cc1F. The first-order valence-electron chi connectivity index (χ1n) is 6.05. The minimum atomic E-state index is -0.871. The summed E-state index contributed by atoms with van der Waals surface area (Å²) < 4.78 is 26.6. The third kappa shape index (κ3) is 3.18. The van der Waals surface area contributed by atoms with Gasteiger partial charge in [0.2, 0.25) is 0 Å². The van der Waals surface area contributed by atoms with Crippen molar-refractivity contribution in [3.8, 4) is 0 Å². The van der Waals surface area contributed by atoms with Gasteiger partial charge in [0.15, 0.2) is 0 Å². The summed E-state index contributed by atoms with van der Waals surface area (Å²) in [4.78, 5) is 13.7. The lowest BCUT2D eigenvalue weighted by Crippen LogP contribution is -2.33. The van der Waals surface area contributed by atoms with E-state index in [4.69, 9.17) is 5.73 Å². The number of hydrogen-bond donors (Lipinski definition) is 1. The molecule has 1 aromatic rings. The molecule has 0 bridgehead atoms. The van der Waals surface area contributed by atoms with Crippen molar-refractivity contribution in [1.82, 2.24) is 4.90 Å². The van der Waals surface area contributed by atoms with Gasteiger partial charge in [-0.15, -0.1) is 0 Å². The number of nitrogens with zero attached hydrogens (tertiary/aromatic N) is 1. The molecule has 1 rings (SSSR count). The van der Waals surface area contributed by atoms with Crippen LogP contribution in [0, 0.1) is 11.6 Å². The summed E-state index contributed by atoms with van der Waals surface area (Å²) in [6.45, 7) is 4.96. The van der Waals surface area contributed by atoms with Crippen molar-refractivity contribution < 1.29 is 13.6 Å². The molecule has 100 valence electrons. The number of hydrogen-bond acceptors (Lipinski definition) is 2. The van der Waals surface area contributed by atoms with Gasteiger partial charge in [0.1, 0.15) is 11.6 Å². The fourth-order valence-corrected chi connectivity index (χ4v) is 1.75. The number of anilines is 1. The van der Waals surface area contributed by atoms with Crippen molar-refractivity contribution in [2.24, 2.45) is 0 Å². The number of rotatable bonds is 5. The molecule has 0 aromatic heterocycles. The van der Waals surface area contributed by atoms with Crippen molar-refractivity contribution >= 4 is 11.6 Å². The van der Waals surface area contributed by atoms with Crippen molar-refractivity contribution in [1.29, 1.82) is 0 Å². The van der Waals surface area contributed by atoms with Gasteiger partial charge in [0.05, 0.1) is 11.3 Å². The Morgan fingerprint density at radius 3 is 2.22 bits per heavy atom. The van der Waals surface area contributed by atoms with Gasteiger partial charge in [0.25, 0.3) is 5.91 Å². The highest BCUT2D eigenvalue weighted by Gasteiger charge is 2.19. The Kier molecular flexibility index (Phi) is 5.07. The van der Waals surface area contributed by atoms with E-state index in [-0.39, 0.29) is 11.3 Å². The topological polar surface area (TPSA) is 46.3 Å². The van der Waals surface area contributed by atoms with Crippen LogP contribution in [0.2, 0.25) is 0 Å². The van der Waals surface area contributed by atoms with Gasteiger partial charge in [-0.1, -0.05) is 13.8 Å². The lowest BCUT2D eigenvalue weighted by Gasteiger charge is -2.21. The molecule has 3 nitrogen and oxygen atoms in total. The highest BCUT2D eigenvalue weighted by molar-refractivity contribution is 5.95.